The molecule has 0 N–H and O–H groups in total. The fraction of sp³-hybridized carbons (Fsp3) is 0.750. The van der Waals surface area contributed by atoms with Gasteiger partial charge in [0.15, 0.2) is 0 Å². The van der Waals surface area contributed by atoms with Gasteiger partial charge in [0.1, 0.15) is 18.0 Å². The van der Waals surface area contributed by atoms with Crippen LogP contribution in [0.4, 0.5) is 0 Å². The van der Waals surface area contributed by atoms with Gasteiger partial charge in [-0.2, -0.15) is 0 Å². The number of rotatable bonds is 2. The van der Waals surface area contributed by atoms with Crippen LogP contribution in [0.1, 0.15) is 59.6 Å². The Morgan fingerprint density at radius 3 is 2.00 bits per heavy atom. The van der Waals surface area contributed by atoms with Crippen LogP contribution in [0, 0.1) is 0 Å². The van der Waals surface area contributed by atoms with Gasteiger partial charge in [-0.1, -0.05) is 41.5 Å². The molecule has 0 atom stereocenters. The second kappa shape index (κ2) is 3.87. The summed E-state index contributed by atoms with van der Waals surface area (Å²) in [5.41, 5.74) is 0.0183. The maximum Gasteiger partial charge on any atom is 0.137 e. The van der Waals surface area contributed by atoms with Crippen molar-refractivity contribution in [2.24, 2.45) is 0 Å². The van der Waals surface area contributed by atoms with Gasteiger partial charge in [0.25, 0.3) is 0 Å². The van der Waals surface area contributed by atoms with E-state index in [1.807, 2.05) is 0 Å². The summed E-state index contributed by atoms with van der Waals surface area (Å²) in [6, 6.07) is 0. The minimum Gasteiger partial charge on any atom is -0.221 e. The Balaban J connectivity index is 3.14. The van der Waals surface area contributed by atoms with Crippen molar-refractivity contribution >= 4 is 0 Å². The number of hydrogen-bond acceptors (Lipinski definition) is 3. The van der Waals surface area contributed by atoms with Crippen molar-refractivity contribution < 1.29 is 0 Å². The summed E-state index contributed by atoms with van der Waals surface area (Å²) < 4.78 is 0. The van der Waals surface area contributed by atoms with Crippen molar-refractivity contribution in [3.8, 4) is 0 Å². The molecule has 84 valence electrons. The smallest absolute Gasteiger partial charge is 0.137 e. The van der Waals surface area contributed by atoms with Crippen LogP contribution in [-0.4, -0.2) is 15.0 Å². The molecule has 0 bridgehead atoms. The zero-order chi connectivity index (χ0) is 11.7. The maximum atomic E-state index is 4.56. The van der Waals surface area contributed by atoms with Gasteiger partial charge < -0.3 is 0 Å². The van der Waals surface area contributed by atoms with Gasteiger partial charge in [0, 0.05) is 10.8 Å². The van der Waals surface area contributed by atoms with Crippen LogP contribution in [0.15, 0.2) is 6.33 Å². The van der Waals surface area contributed by atoms with E-state index in [0.717, 1.165) is 18.1 Å². The topological polar surface area (TPSA) is 38.7 Å². The quantitative estimate of drug-likeness (QED) is 0.748. The van der Waals surface area contributed by atoms with Gasteiger partial charge in [0.2, 0.25) is 0 Å². The molecule has 3 heteroatoms. The van der Waals surface area contributed by atoms with Crippen LogP contribution in [-0.2, 0) is 10.8 Å². The molecular weight excluding hydrogens is 186 g/mol. The van der Waals surface area contributed by atoms with Crippen molar-refractivity contribution in [3.63, 3.8) is 0 Å². The van der Waals surface area contributed by atoms with E-state index in [0.29, 0.717) is 0 Å². The lowest BCUT2D eigenvalue weighted by Crippen LogP contribution is -2.24. The average Bonchev–Trinajstić information content (AvgIpc) is 2.17. The first-order valence-corrected chi connectivity index (χ1v) is 5.47. The van der Waals surface area contributed by atoms with E-state index in [2.05, 4.69) is 56.5 Å². The van der Waals surface area contributed by atoms with Crippen molar-refractivity contribution in [3.05, 3.63) is 18.0 Å². The van der Waals surface area contributed by atoms with E-state index in [1.54, 1.807) is 6.33 Å². The highest BCUT2D eigenvalue weighted by atomic mass is 15.0. The van der Waals surface area contributed by atoms with Crippen molar-refractivity contribution in [1.29, 1.82) is 0 Å². The summed E-state index contributed by atoms with van der Waals surface area (Å²) in [7, 11) is 0. The monoisotopic (exact) mass is 207 g/mol. The lowest BCUT2D eigenvalue weighted by molar-refractivity contribution is 0.452. The SMILES string of the molecule is CCC(C)(C)c1ncnc(C(C)(C)C)n1. The standard InChI is InChI=1S/C12H21N3/c1-7-12(5,6)10-14-8-13-9(15-10)11(2,3)4/h8H,7H2,1-6H3. The third kappa shape index (κ3) is 2.74. The first kappa shape index (κ1) is 12.1. The predicted molar refractivity (Wildman–Crippen MR) is 61.8 cm³/mol. The van der Waals surface area contributed by atoms with E-state index in [1.165, 1.54) is 0 Å². The lowest BCUT2D eigenvalue weighted by atomic mass is 9.88. The van der Waals surface area contributed by atoms with Crippen molar-refractivity contribution in [2.45, 2.75) is 58.8 Å². The molecule has 15 heavy (non-hydrogen) atoms. The molecule has 0 aliphatic heterocycles. The van der Waals surface area contributed by atoms with Crippen molar-refractivity contribution in [1.82, 2.24) is 15.0 Å². The zero-order valence-corrected chi connectivity index (χ0v) is 10.6. The molecule has 0 aliphatic carbocycles. The summed E-state index contributed by atoms with van der Waals surface area (Å²) in [4.78, 5) is 13.1. The highest BCUT2D eigenvalue weighted by molar-refractivity contribution is 5.08. The fourth-order valence-electron chi connectivity index (χ4n) is 1.14. The molecule has 0 aromatic carbocycles. The van der Waals surface area contributed by atoms with Gasteiger partial charge in [-0.3, -0.25) is 0 Å². The summed E-state index contributed by atoms with van der Waals surface area (Å²) in [5, 5.41) is 0. The first-order valence-electron chi connectivity index (χ1n) is 5.47. The van der Waals surface area contributed by atoms with Crippen LogP contribution in [0.2, 0.25) is 0 Å². The zero-order valence-electron chi connectivity index (χ0n) is 10.6. The Labute approximate surface area is 92.4 Å². The fourth-order valence-corrected chi connectivity index (χ4v) is 1.14. The second-order valence-corrected chi connectivity index (χ2v) is 5.62. The Hall–Kier alpha value is -0.990. The lowest BCUT2D eigenvalue weighted by Gasteiger charge is -2.23. The largest absolute Gasteiger partial charge is 0.221 e. The number of nitrogens with zero attached hydrogens (tertiary/aromatic N) is 3. The minimum absolute atomic E-state index is 0.0124. The molecule has 0 aliphatic rings. The molecule has 1 aromatic heterocycles. The van der Waals surface area contributed by atoms with E-state index >= 15 is 0 Å². The van der Waals surface area contributed by atoms with Crippen LogP contribution >= 0.6 is 0 Å². The Bertz CT molecular complexity index is 337. The average molecular weight is 207 g/mol. The molecule has 0 saturated heterocycles. The molecule has 0 unspecified atom stereocenters. The van der Waals surface area contributed by atoms with Gasteiger partial charge in [-0.15, -0.1) is 0 Å². The first-order chi connectivity index (χ1) is 6.77. The van der Waals surface area contributed by atoms with Crippen LogP contribution in [0.5, 0.6) is 0 Å². The number of hydrogen-bond donors (Lipinski definition) is 0. The van der Waals surface area contributed by atoms with Crippen LogP contribution < -0.4 is 0 Å². The van der Waals surface area contributed by atoms with E-state index in [-0.39, 0.29) is 10.8 Å². The highest BCUT2D eigenvalue weighted by Crippen LogP contribution is 2.25. The third-order valence-electron chi connectivity index (χ3n) is 2.73. The Morgan fingerprint density at radius 2 is 1.53 bits per heavy atom. The van der Waals surface area contributed by atoms with E-state index in [9.17, 15) is 0 Å². The molecule has 0 spiro atoms. The van der Waals surface area contributed by atoms with E-state index in [4.69, 9.17) is 0 Å². The molecule has 1 heterocycles. The molecule has 0 amide bonds. The predicted octanol–water partition coefficient (Wildman–Crippen LogP) is 2.86. The van der Waals surface area contributed by atoms with Gasteiger partial charge >= 0.3 is 0 Å². The third-order valence-corrected chi connectivity index (χ3v) is 2.73. The molecule has 0 fully saturated rings. The number of aromatic nitrogens is 3. The molecule has 3 nitrogen and oxygen atoms in total. The van der Waals surface area contributed by atoms with E-state index < -0.39 is 0 Å². The van der Waals surface area contributed by atoms with Gasteiger partial charge in [-0.05, 0) is 6.42 Å². The normalized spacial score (nSPS) is 12.9. The maximum absolute atomic E-state index is 4.56. The second-order valence-electron chi connectivity index (χ2n) is 5.62. The Morgan fingerprint density at radius 1 is 1.00 bits per heavy atom. The van der Waals surface area contributed by atoms with Crippen molar-refractivity contribution in [2.75, 3.05) is 0 Å². The molecule has 0 saturated carbocycles. The summed E-state index contributed by atoms with van der Waals surface area (Å²) in [6.45, 7) is 12.8. The molecule has 1 aromatic rings. The van der Waals surface area contributed by atoms with Crippen LogP contribution in [0.25, 0.3) is 0 Å². The molecule has 1 rings (SSSR count). The summed E-state index contributed by atoms with van der Waals surface area (Å²) in [6.07, 6.45) is 2.65. The van der Waals surface area contributed by atoms with Crippen LogP contribution in [0.3, 0.4) is 0 Å². The summed E-state index contributed by atoms with van der Waals surface area (Å²) >= 11 is 0. The molecule has 0 radical (unpaired) electrons. The summed E-state index contributed by atoms with van der Waals surface area (Å²) in [5.74, 6) is 1.76. The Kier molecular flexibility index (Phi) is 3.12. The highest BCUT2D eigenvalue weighted by Gasteiger charge is 2.25. The minimum atomic E-state index is -0.0124. The van der Waals surface area contributed by atoms with Gasteiger partial charge in [0.05, 0.1) is 0 Å². The van der Waals surface area contributed by atoms with Gasteiger partial charge in [-0.25, -0.2) is 15.0 Å². The molecular formula is C12H21N3.